The summed E-state index contributed by atoms with van der Waals surface area (Å²) in [4.78, 5) is 45.1. The van der Waals surface area contributed by atoms with E-state index in [0.717, 1.165) is 15.6 Å². The first-order valence-electron chi connectivity index (χ1n) is 9.31. The molecule has 0 saturated heterocycles. The molecule has 2 heterocycles. The minimum atomic E-state index is -0.561. The van der Waals surface area contributed by atoms with Crippen LogP contribution in [0, 0.1) is 20.8 Å². The fourth-order valence-corrected chi connectivity index (χ4v) is 4.88. The highest BCUT2D eigenvalue weighted by molar-refractivity contribution is 7.98. The molecule has 0 unspecified atom stereocenters. The topological polar surface area (TPSA) is 89.1 Å². The Kier molecular flexibility index (Phi) is 6.89. The Morgan fingerprint density at radius 3 is 2.53 bits per heavy atom. The first kappa shape index (κ1) is 22.0. The average molecular weight is 443 g/mol. The lowest BCUT2D eigenvalue weighted by atomic mass is 10.1. The van der Waals surface area contributed by atoms with Gasteiger partial charge in [-0.2, -0.15) is 0 Å². The van der Waals surface area contributed by atoms with Crippen LogP contribution in [0.4, 0.5) is 0 Å². The Balaban J connectivity index is 1.67. The van der Waals surface area contributed by atoms with Crippen molar-refractivity contribution < 1.29 is 19.1 Å². The number of thiazole rings is 1. The second-order valence-electron chi connectivity index (χ2n) is 6.82. The van der Waals surface area contributed by atoms with Gasteiger partial charge in [0.2, 0.25) is 5.78 Å². The van der Waals surface area contributed by atoms with Crippen molar-refractivity contribution in [2.45, 2.75) is 38.3 Å². The lowest BCUT2D eigenvalue weighted by molar-refractivity contribution is 0.0470. The van der Waals surface area contributed by atoms with E-state index in [-0.39, 0.29) is 11.6 Å². The van der Waals surface area contributed by atoms with Crippen LogP contribution < -0.4 is 0 Å². The quantitative estimate of drug-likeness (QED) is 0.302. The Labute approximate surface area is 183 Å². The molecule has 0 spiro atoms. The molecule has 8 heteroatoms. The van der Waals surface area contributed by atoms with Gasteiger partial charge in [-0.1, -0.05) is 12.1 Å². The van der Waals surface area contributed by atoms with Crippen LogP contribution in [0.1, 0.15) is 60.1 Å². The summed E-state index contributed by atoms with van der Waals surface area (Å²) in [5, 5.41) is 3.00. The van der Waals surface area contributed by atoms with E-state index in [9.17, 15) is 14.4 Å². The highest BCUT2D eigenvalue weighted by Crippen LogP contribution is 2.27. The van der Waals surface area contributed by atoms with Gasteiger partial charge in [0.25, 0.3) is 0 Å². The summed E-state index contributed by atoms with van der Waals surface area (Å²) in [6.45, 7) is 6.46. The van der Waals surface area contributed by atoms with Gasteiger partial charge in [-0.05, 0) is 45.4 Å². The summed E-state index contributed by atoms with van der Waals surface area (Å²) in [5.74, 6) is -0.408. The number of esters is 1. The maximum atomic E-state index is 12.6. The minimum Gasteiger partial charge on any atom is -0.454 e. The minimum absolute atomic E-state index is 0.112. The number of rotatable bonds is 8. The van der Waals surface area contributed by atoms with Crippen LogP contribution in [0.15, 0.2) is 34.5 Å². The summed E-state index contributed by atoms with van der Waals surface area (Å²) < 4.78 is 5.29. The number of aromatic nitrogens is 2. The van der Waals surface area contributed by atoms with Gasteiger partial charge < -0.3 is 9.72 Å². The van der Waals surface area contributed by atoms with Gasteiger partial charge in [0.1, 0.15) is 0 Å². The molecule has 0 aliphatic rings. The number of carbonyl (C=O) groups excluding carboxylic acids is 3. The Morgan fingerprint density at radius 1 is 1.17 bits per heavy atom. The number of hydrogen-bond acceptors (Lipinski definition) is 7. The van der Waals surface area contributed by atoms with Crippen molar-refractivity contribution in [2.24, 2.45) is 0 Å². The summed E-state index contributed by atoms with van der Waals surface area (Å²) in [6.07, 6.45) is 0. The van der Waals surface area contributed by atoms with Crippen molar-refractivity contribution in [3.8, 4) is 0 Å². The van der Waals surface area contributed by atoms with Crippen LogP contribution in [-0.4, -0.2) is 34.1 Å². The van der Waals surface area contributed by atoms with E-state index in [1.807, 2.05) is 24.4 Å². The predicted octanol–water partition coefficient (Wildman–Crippen LogP) is 4.93. The fraction of sp³-hybridized carbons (Fsp3) is 0.273. The number of ketones is 2. The molecular formula is C22H22N2O4S2. The number of H-pyrrole nitrogens is 1. The van der Waals surface area contributed by atoms with Crippen LogP contribution in [0.5, 0.6) is 0 Å². The fourth-order valence-electron chi connectivity index (χ4n) is 3.23. The molecule has 0 fully saturated rings. The number of thioether (sulfide) groups is 1. The van der Waals surface area contributed by atoms with E-state index in [0.29, 0.717) is 33.8 Å². The highest BCUT2D eigenvalue weighted by atomic mass is 32.2. The molecule has 1 N–H and O–H groups in total. The largest absolute Gasteiger partial charge is 0.454 e. The first-order chi connectivity index (χ1) is 14.3. The van der Waals surface area contributed by atoms with Gasteiger partial charge in [-0.15, -0.1) is 23.1 Å². The zero-order chi connectivity index (χ0) is 21.8. The molecule has 0 aliphatic carbocycles. The van der Waals surface area contributed by atoms with Gasteiger partial charge in [-0.3, -0.25) is 9.59 Å². The Bertz CT molecular complexity index is 1110. The maximum Gasteiger partial charge on any atom is 0.339 e. The molecule has 6 nitrogen and oxygen atoms in total. The van der Waals surface area contributed by atoms with E-state index >= 15 is 0 Å². The number of aryl methyl sites for hydroxylation is 2. The zero-order valence-electron chi connectivity index (χ0n) is 17.2. The molecule has 2 aromatic heterocycles. The third-order valence-corrected chi connectivity index (χ3v) is 6.48. The van der Waals surface area contributed by atoms with Crippen molar-refractivity contribution in [3.05, 3.63) is 68.4 Å². The summed E-state index contributed by atoms with van der Waals surface area (Å²) in [5.41, 5.74) is 3.38. The van der Waals surface area contributed by atoms with Crippen molar-refractivity contribution >= 4 is 40.6 Å². The Morgan fingerprint density at radius 2 is 1.90 bits per heavy atom. The molecule has 0 bridgehead atoms. The van der Waals surface area contributed by atoms with Gasteiger partial charge in [-0.25, -0.2) is 9.78 Å². The molecule has 3 rings (SSSR count). The number of nitrogens with one attached hydrogen (secondary N) is 1. The summed E-state index contributed by atoms with van der Waals surface area (Å²) >= 11 is 3.09. The third kappa shape index (κ3) is 4.88. The van der Waals surface area contributed by atoms with E-state index in [4.69, 9.17) is 4.74 Å². The van der Waals surface area contributed by atoms with Crippen molar-refractivity contribution in [1.29, 1.82) is 0 Å². The molecule has 0 radical (unpaired) electrons. The Hall–Kier alpha value is -2.71. The molecule has 3 aromatic rings. The van der Waals surface area contributed by atoms with E-state index < -0.39 is 12.6 Å². The van der Waals surface area contributed by atoms with E-state index in [2.05, 4.69) is 9.97 Å². The molecule has 1 aromatic carbocycles. The van der Waals surface area contributed by atoms with E-state index in [1.54, 1.807) is 37.3 Å². The van der Waals surface area contributed by atoms with Crippen LogP contribution in [-0.2, 0) is 10.5 Å². The molecule has 0 saturated carbocycles. The average Bonchev–Trinajstić information content (AvgIpc) is 3.26. The zero-order valence-corrected chi connectivity index (χ0v) is 18.8. The van der Waals surface area contributed by atoms with Crippen LogP contribution in [0.2, 0.25) is 0 Å². The molecule has 0 aliphatic heterocycles. The number of carbonyl (C=O) groups is 3. The number of ether oxygens (including phenoxy) is 1. The highest BCUT2D eigenvalue weighted by Gasteiger charge is 2.21. The molecule has 0 atom stereocenters. The van der Waals surface area contributed by atoms with Crippen LogP contribution >= 0.6 is 23.1 Å². The number of Topliss-reactive ketones (excluding diaryl/α,β-unsaturated/α-hetero) is 2. The second-order valence-corrected chi connectivity index (χ2v) is 8.90. The summed E-state index contributed by atoms with van der Waals surface area (Å²) in [7, 11) is 0. The maximum absolute atomic E-state index is 12.6. The van der Waals surface area contributed by atoms with Gasteiger partial charge >= 0.3 is 5.97 Å². The third-order valence-electron chi connectivity index (χ3n) is 4.55. The number of aromatic amines is 1. The number of hydrogen-bond donors (Lipinski definition) is 1. The van der Waals surface area contributed by atoms with Crippen LogP contribution in [0.3, 0.4) is 0 Å². The second kappa shape index (κ2) is 9.40. The number of benzene rings is 1. The van der Waals surface area contributed by atoms with Gasteiger partial charge in [0.15, 0.2) is 12.4 Å². The van der Waals surface area contributed by atoms with Gasteiger partial charge in [0, 0.05) is 27.3 Å². The van der Waals surface area contributed by atoms with Crippen molar-refractivity contribution in [1.82, 2.24) is 9.97 Å². The van der Waals surface area contributed by atoms with Crippen molar-refractivity contribution in [2.75, 3.05) is 6.61 Å². The van der Waals surface area contributed by atoms with E-state index in [1.165, 1.54) is 18.7 Å². The first-order valence-corrected chi connectivity index (χ1v) is 11.2. The summed E-state index contributed by atoms with van der Waals surface area (Å²) in [6, 6.07) is 7.14. The molecule has 30 heavy (non-hydrogen) atoms. The molecular weight excluding hydrogens is 420 g/mol. The number of nitrogens with zero attached hydrogens (tertiary/aromatic N) is 1. The lowest BCUT2D eigenvalue weighted by Gasteiger charge is -2.09. The standard InChI is InChI=1S/C22H22N2O4S2/c1-12-20(14(3)25)13(2)23-21(12)18(26)9-28-22(27)17-7-5-6-8-19(17)30-11-16-10-29-15(4)24-16/h5-8,10,23H,9,11H2,1-4H3. The normalized spacial score (nSPS) is 10.8. The monoisotopic (exact) mass is 442 g/mol. The predicted molar refractivity (Wildman–Crippen MR) is 118 cm³/mol. The smallest absolute Gasteiger partial charge is 0.339 e. The molecule has 0 amide bonds. The SMILES string of the molecule is CC(=O)c1c(C)[nH]c(C(=O)COC(=O)c2ccccc2SCc2csc(C)n2)c1C. The van der Waals surface area contributed by atoms with Crippen LogP contribution in [0.25, 0.3) is 0 Å². The van der Waals surface area contributed by atoms with Crippen molar-refractivity contribution in [3.63, 3.8) is 0 Å². The van der Waals surface area contributed by atoms with Gasteiger partial charge in [0.05, 0.1) is 22.0 Å². The lowest BCUT2D eigenvalue weighted by Crippen LogP contribution is -2.16. The molecule has 156 valence electrons.